The molecule has 0 aromatic carbocycles. The summed E-state index contributed by atoms with van der Waals surface area (Å²) in [6.07, 6.45) is 11.2. The summed E-state index contributed by atoms with van der Waals surface area (Å²) in [7, 11) is 0. The molecule has 3 nitrogen and oxygen atoms in total. The average molecular weight is 278 g/mol. The lowest BCUT2D eigenvalue weighted by atomic mass is 9.42. The highest BCUT2D eigenvalue weighted by Gasteiger charge is 2.59. The summed E-state index contributed by atoms with van der Waals surface area (Å²) in [6, 6.07) is 0.480. The quantitative estimate of drug-likeness (QED) is 0.616. The van der Waals surface area contributed by atoms with Gasteiger partial charge in [0.05, 0.1) is 6.61 Å². The second kappa shape index (κ2) is 4.69. The molecule has 0 amide bonds. The molecule has 0 spiro atoms. The molecule has 1 heterocycles. The van der Waals surface area contributed by atoms with E-state index in [2.05, 4.69) is 12.3 Å². The molecule has 4 atom stereocenters. The molecule has 0 aromatic heterocycles. The minimum absolute atomic E-state index is 0.471. The molecule has 5 rings (SSSR count). The summed E-state index contributed by atoms with van der Waals surface area (Å²) in [6.45, 7) is 4.41. The highest BCUT2D eigenvalue weighted by atomic mass is 16.5. The zero-order valence-electron chi connectivity index (χ0n) is 12.9. The average Bonchev–Trinajstić information content (AvgIpc) is 2.37. The molecule has 1 aliphatic heterocycles. The standard InChI is InChI=1S/C17H30N2O/c1-16-6-12-5-13(7-16)9-17(8-12,11-16)15(19-18)14-3-2-4-20-10-14/h12-15,19H,2-11,18H2,1H3. The van der Waals surface area contributed by atoms with Crippen LogP contribution in [-0.4, -0.2) is 19.3 Å². The van der Waals surface area contributed by atoms with E-state index < -0.39 is 0 Å². The van der Waals surface area contributed by atoms with E-state index >= 15 is 0 Å². The second-order valence-corrected chi connectivity index (χ2v) is 8.76. The fraction of sp³-hybridized carbons (Fsp3) is 1.00. The molecule has 4 aliphatic carbocycles. The van der Waals surface area contributed by atoms with Crippen molar-refractivity contribution in [1.29, 1.82) is 0 Å². The van der Waals surface area contributed by atoms with Crippen LogP contribution in [0.3, 0.4) is 0 Å². The van der Waals surface area contributed by atoms with Crippen LogP contribution in [0.15, 0.2) is 0 Å². The van der Waals surface area contributed by atoms with Crippen LogP contribution in [0.2, 0.25) is 0 Å². The van der Waals surface area contributed by atoms with Crippen LogP contribution in [0.4, 0.5) is 0 Å². The Kier molecular flexibility index (Phi) is 3.17. The molecule has 0 radical (unpaired) electrons. The Morgan fingerprint density at radius 2 is 1.95 bits per heavy atom. The number of nitrogens with two attached hydrogens (primary N) is 1. The van der Waals surface area contributed by atoms with Crippen molar-refractivity contribution < 1.29 is 4.74 Å². The number of hydrazine groups is 1. The number of hydrogen-bond acceptors (Lipinski definition) is 3. The van der Waals surface area contributed by atoms with Crippen LogP contribution >= 0.6 is 0 Å². The molecular weight excluding hydrogens is 248 g/mol. The SMILES string of the molecule is CC12CC3CC(C1)CC(C(NN)C1CCCOC1)(C3)C2. The Bertz CT molecular complexity index is 363. The predicted octanol–water partition coefficient (Wildman–Crippen LogP) is 2.85. The van der Waals surface area contributed by atoms with Crippen molar-refractivity contribution in [2.24, 2.45) is 34.4 Å². The van der Waals surface area contributed by atoms with Gasteiger partial charge in [0, 0.05) is 12.6 Å². The van der Waals surface area contributed by atoms with Crippen molar-refractivity contribution in [3.63, 3.8) is 0 Å². The van der Waals surface area contributed by atoms with Crippen LogP contribution in [-0.2, 0) is 4.74 Å². The van der Waals surface area contributed by atoms with Crippen molar-refractivity contribution in [2.45, 2.75) is 64.3 Å². The van der Waals surface area contributed by atoms with Gasteiger partial charge in [0.25, 0.3) is 0 Å². The number of ether oxygens (including phenoxy) is 1. The molecule has 1 saturated heterocycles. The highest BCUT2D eigenvalue weighted by molar-refractivity contribution is 5.10. The van der Waals surface area contributed by atoms with Crippen molar-refractivity contribution >= 4 is 0 Å². The molecule has 4 bridgehead atoms. The fourth-order valence-electron chi connectivity index (χ4n) is 7.00. The third-order valence-corrected chi connectivity index (χ3v) is 6.91. The third-order valence-electron chi connectivity index (χ3n) is 6.91. The van der Waals surface area contributed by atoms with Gasteiger partial charge in [-0.15, -0.1) is 0 Å². The number of hydrogen-bond donors (Lipinski definition) is 2. The maximum absolute atomic E-state index is 6.06. The van der Waals surface area contributed by atoms with E-state index in [0.29, 0.717) is 22.8 Å². The summed E-state index contributed by atoms with van der Waals surface area (Å²) in [4.78, 5) is 0. The van der Waals surface area contributed by atoms with Gasteiger partial charge >= 0.3 is 0 Å². The summed E-state index contributed by atoms with van der Waals surface area (Å²) < 4.78 is 5.76. The lowest BCUT2D eigenvalue weighted by Gasteiger charge is -2.64. The van der Waals surface area contributed by atoms with Crippen molar-refractivity contribution in [1.82, 2.24) is 5.43 Å². The monoisotopic (exact) mass is 278 g/mol. The van der Waals surface area contributed by atoms with Gasteiger partial charge in [-0.25, -0.2) is 0 Å². The maximum atomic E-state index is 6.06. The molecule has 4 saturated carbocycles. The van der Waals surface area contributed by atoms with Crippen LogP contribution in [0.25, 0.3) is 0 Å². The highest BCUT2D eigenvalue weighted by Crippen LogP contribution is 2.66. The third kappa shape index (κ3) is 2.05. The van der Waals surface area contributed by atoms with E-state index in [9.17, 15) is 0 Å². The van der Waals surface area contributed by atoms with E-state index in [-0.39, 0.29) is 0 Å². The Labute approximate surface area is 123 Å². The normalized spacial score (nSPS) is 52.2. The molecule has 20 heavy (non-hydrogen) atoms. The number of nitrogens with one attached hydrogen (secondary N) is 1. The molecule has 3 N–H and O–H groups in total. The Morgan fingerprint density at radius 3 is 2.50 bits per heavy atom. The first kappa shape index (κ1) is 13.5. The first-order chi connectivity index (χ1) is 9.62. The largest absolute Gasteiger partial charge is 0.381 e. The smallest absolute Gasteiger partial charge is 0.0509 e. The van der Waals surface area contributed by atoms with Crippen LogP contribution in [0, 0.1) is 28.6 Å². The molecular formula is C17H30N2O. The number of rotatable bonds is 3. The fourth-order valence-corrected chi connectivity index (χ4v) is 7.00. The first-order valence-corrected chi connectivity index (χ1v) is 8.66. The lowest BCUT2D eigenvalue weighted by Crippen LogP contribution is -2.62. The van der Waals surface area contributed by atoms with Gasteiger partial charge in [-0.2, -0.15) is 0 Å². The van der Waals surface area contributed by atoms with Gasteiger partial charge in [0.1, 0.15) is 0 Å². The van der Waals surface area contributed by atoms with Crippen LogP contribution < -0.4 is 11.3 Å². The molecule has 5 aliphatic rings. The Balaban J connectivity index is 1.61. The van der Waals surface area contributed by atoms with E-state index in [1.807, 2.05) is 0 Å². The van der Waals surface area contributed by atoms with Gasteiger partial charge in [0.2, 0.25) is 0 Å². The van der Waals surface area contributed by atoms with Gasteiger partial charge in [-0.1, -0.05) is 6.92 Å². The minimum Gasteiger partial charge on any atom is -0.381 e. The molecule has 3 heteroatoms. The summed E-state index contributed by atoms with van der Waals surface area (Å²) in [5.41, 5.74) is 4.34. The minimum atomic E-state index is 0.471. The van der Waals surface area contributed by atoms with Crippen molar-refractivity contribution in [3.8, 4) is 0 Å². The molecule has 4 unspecified atom stereocenters. The van der Waals surface area contributed by atoms with Crippen LogP contribution in [0.5, 0.6) is 0 Å². The van der Waals surface area contributed by atoms with Crippen molar-refractivity contribution in [2.75, 3.05) is 13.2 Å². The summed E-state index contributed by atoms with van der Waals surface area (Å²) >= 11 is 0. The Morgan fingerprint density at radius 1 is 1.20 bits per heavy atom. The van der Waals surface area contributed by atoms with E-state index in [1.165, 1.54) is 51.4 Å². The lowest BCUT2D eigenvalue weighted by molar-refractivity contribution is -0.134. The zero-order valence-corrected chi connectivity index (χ0v) is 12.9. The maximum Gasteiger partial charge on any atom is 0.0509 e. The summed E-state index contributed by atoms with van der Waals surface area (Å²) in [5.74, 6) is 8.64. The van der Waals surface area contributed by atoms with Crippen LogP contribution in [0.1, 0.15) is 58.3 Å². The van der Waals surface area contributed by atoms with Gasteiger partial charge in [-0.3, -0.25) is 11.3 Å². The second-order valence-electron chi connectivity index (χ2n) is 8.76. The van der Waals surface area contributed by atoms with Crippen molar-refractivity contribution in [3.05, 3.63) is 0 Å². The first-order valence-electron chi connectivity index (χ1n) is 8.66. The summed E-state index contributed by atoms with van der Waals surface area (Å²) in [5, 5.41) is 0. The van der Waals surface area contributed by atoms with E-state index in [4.69, 9.17) is 10.6 Å². The van der Waals surface area contributed by atoms with Gasteiger partial charge in [-0.05, 0) is 80.0 Å². The zero-order chi connectivity index (χ0) is 13.8. The van der Waals surface area contributed by atoms with E-state index in [1.54, 1.807) is 0 Å². The van der Waals surface area contributed by atoms with E-state index in [0.717, 1.165) is 25.0 Å². The van der Waals surface area contributed by atoms with Gasteiger partial charge in [0.15, 0.2) is 0 Å². The predicted molar refractivity (Wildman–Crippen MR) is 79.9 cm³/mol. The molecule has 114 valence electrons. The Hall–Kier alpha value is -0.120. The topological polar surface area (TPSA) is 47.3 Å². The van der Waals surface area contributed by atoms with Gasteiger partial charge < -0.3 is 4.74 Å². The molecule has 5 fully saturated rings. The molecule has 0 aromatic rings.